The van der Waals surface area contributed by atoms with Crippen LogP contribution in [0.3, 0.4) is 0 Å². The summed E-state index contributed by atoms with van der Waals surface area (Å²) in [6.45, 7) is 11.7. The van der Waals surface area contributed by atoms with Crippen LogP contribution in [-0.4, -0.2) is 18.0 Å². The molecule has 52 heavy (non-hydrogen) atoms. The zero-order valence-corrected chi connectivity index (χ0v) is 33.1. The number of fused-ring (bicyclic) bond motifs is 9. The first-order valence-electron chi connectivity index (χ1n) is 17.4. The second-order valence-corrected chi connectivity index (χ2v) is 19.9. The summed E-state index contributed by atoms with van der Waals surface area (Å²) in [5, 5.41) is 5.72. The molecule has 257 valence electrons. The third kappa shape index (κ3) is 5.54. The van der Waals surface area contributed by atoms with E-state index in [1.807, 2.05) is 60.8 Å². The molecular weight excluding hydrogens is 833 g/mol. The Hall–Kier alpha value is -5.13. The summed E-state index contributed by atoms with van der Waals surface area (Å²) in [4.78, 5) is 9.10. The summed E-state index contributed by atoms with van der Waals surface area (Å²) in [5.74, 6) is 0. The van der Waals surface area contributed by atoms with Gasteiger partial charge in [-0.05, 0) is 63.1 Å². The van der Waals surface area contributed by atoms with Crippen molar-refractivity contribution in [3.63, 3.8) is 0 Å². The van der Waals surface area contributed by atoms with Gasteiger partial charge < -0.3 is 18.8 Å². The first-order chi connectivity index (χ1) is 24.7. The van der Waals surface area contributed by atoms with Gasteiger partial charge in [-0.3, -0.25) is 0 Å². The van der Waals surface area contributed by atoms with Gasteiger partial charge in [0.25, 0.3) is 0 Å². The Morgan fingerprint density at radius 1 is 0.596 bits per heavy atom. The number of aromatic nitrogens is 2. The van der Waals surface area contributed by atoms with E-state index in [1.54, 1.807) is 6.20 Å². The monoisotopic (exact) mass is 869 g/mol. The van der Waals surface area contributed by atoms with Crippen LogP contribution in [0.2, 0.25) is 19.6 Å². The van der Waals surface area contributed by atoms with Crippen molar-refractivity contribution in [3.8, 4) is 33.6 Å². The van der Waals surface area contributed by atoms with Crippen LogP contribution in [0.15, 0.2) is 136 Å². The summed E-state index contributed by atoms with van der Waals surface area (Å²) >= 11 is 0. The summed E-state index contributed by atoms with van der Waals surface area (Å²) in [5.41, 5.74) is 12.4. The molecule has 1 aliphatic carbocycles. The topological polar surface area (TPSA) is 52.1 Å². The van der Waals surface area contributed by atoms with E-state index in [-0.39, 0.29) is 25.5 Å². The van der Waals surface area contributed by atoms with Gasteiger partial charge in [0.15, 0.2) is 0 Å². The first kappa shape index (κ1) is 34.0. The van der Waals surface area contributed by atoms with Crippen LogP contribution in [0.5, 0.6) is 0 Å². The van der Waals surface area contributed by atoms with E-state index in [1.165, 1.54) is 27.4 Å². The van der Waals surface area contributed by atoms with Gasteiger partial charge in [-0.2, -0.15) is 0 Å². The molecule has 0 N–H and O–H groups in total. The molecule has 10 rings (SSSR count). The smallest absolute Gasteiger partial charge is 0.134 e. The molecule has 6 heteroatoms. The van der Waals surface area contributed by atoms with E-state index in [0.717, 1.165) is 66.4 Å². The number of nitrogens with zero attached hydrogens (tertiary/aromatic N) is 2. The predicted molar refractivity (Wildman–Crippen MR) is 212 cm³/mol. The molecular formula is C46H36IrN2O2Si-2. The molecule has 5 aromatic carbocycles. The van der Waals surface area contributed by atoms with E-state index < -0.39 is 8.07 Å². The molecule has 1 aliphatic rings. The average Bonchev–Trinajstić information content (AvgIpc) is 3.78. The summed E-state index contributed by atoms with van der Waals surface area (Å²) in [6, 6.07) is 46.1. The molecule has 9 aromatic rings. The van der Waals surface area contributed by atoms with Crippen molar-refractivity contribution in [2.75, 3.05) is 0 Å². The molecule has 4 aromatic heterocycles. The molecule has 0 fully saturated rings. The molecule has 0 aliphatic heterocycles. The van der Waals surface area contributed by atoms with Crippen molar-refractivity contribution in [3.05, 3.63) is 151 Å². The Kier molecular flexibility index (Phi) is 8.38. The quantitative estimate of drug-likeness (QED) is 0.131. The normalized spacial score (nSPS) is 13.1. The maximum absolute atomic E-state index is 6.58. The summed E-state index contributed by atoms with van der Waals surface area (Å²) in [6.07, 6.45) is 3.73. The van der Waals surface area contributed by atoms with Gasteiger partial charge in [-0.15, -0.1) is 54.1 Å². The second kappa shape index (κ2) is 12.8. The fourth-order valence-corrected chi connectivity index (χ4v) is 9.08. The van der Waals surface area contributed by atoms with Crippen molar-refractivity contribution < 1.29 is 28.9 Å². The SMILES string of the molecule is CC1(C)c2ccccc2-c2cc3oc4c(-c5cc6oc7c([Si](C)(C)C)cccc7c6cn5)[c-]ccc4c3cc21.[Ir].[c-]1ccccc1-c1ccccn1. The van der Waals surface area contributed by atoms with Gasteiger partial charge in [-0.25, -0.2) is 0 Å². The fourth-order valence-electron chi connectivity index (χ4n) is 7.62. The van der Waals surface area contributed by atoms with Crippen LogP contribution in [0.1, 0.15) is 25.0 Å². The zero-order chi connectivity index (χ0) is 34.9. The molecule has 0 bridgehead atoms. The number of benzene rings is 5. The van der Waals surface area contributed by atoms with Gasteiger partial charge in [0.05, 0.1) is 13.7 Å². The van der Waals surface area contributed by atoms with Crippen LogP contribution >= 0.6 is 0 Å². The molecule has 0 saturated heterocycles. The molecule has 1 radical (unpaired) electrons. The zero-order valence-electron chi connectivity index (χ0n) is 29.7. The Labute approximate surface area is 317 Å². The van der Waals surface area contributed by atoms with Gasteiger partial charge in [0.2, 0.25) is 0 Å². The molecule has 4 heterocycles. The van der Waals surface area contributed by atoms with E-state index in [0.29, 0.717) is 0 Å². The van der Waals surface area contributed by atoms with Crippen molar-refractivity contribution in [1.82, 2.24) is 9.97 Å². The minimum atomic E-state index is -1.57. The minimum absolute atomic E-state index is 0. The summed E-state index contributed by atoms with van der Waals surface area (Å²) < 4.78 is 13.1. The van der Waals surface area contributed by atoms with Crippen molar-refractivity contribution in [2.24, 2.45) is 0 Å². The molecule has 0 saturated carbocycles. The number of furan rings is 2. The van der Waals surface area contributed by atoms with E-state index >= 15 is 0 Å². The van der Waals surface area contributed by atoms with Crippen molar-refractivity contribution >= 4 is 57.1 Å². The van der Waals surface area contributed by atoms with Gasteiger partial charge >= 0.3 is 0 Å². The minimum Gasteiger partial charge on any atom is -0.501 e. The Morgan fingerprint density at radius 2 is 1.37 bits per heavy atom. The fraction of sp³-hybridized carbons (Fsp3) is 0.130. The third-order valence-electron chi connectivity index (χ3n) is 10.2. The second-order valence-electron chi connectivity index (χ2n) is 14.9. The number of hydrogen-bond donors (Lipinski definition) is 0. The number of pyridine rings is 2. The van der Waals surface area contributed by atoms with Crippen LogP contribution in [-0.2, 0) is 25.5 Å². The van der Waals surface area contributed by atoms with Crippen LogP contribution in [0, 0.1) is 12.1 Å². The Morgan fingerprint density at radius 3 is 2.15 bits per heavy atom. The van der Waals surface area contributed by atoms with Gasteiger partial charge in [0.1, 0.15) is 16.7 Å². The number of hydrogen-bond acceptors (Lipinski definition) is 4. The molecule has 0 atom stereocenters. The Balaban J connectivity index is 0.000000253. The van der Waals surface area contributed by atoms with Gasteiger partial charge in [0, 0.05) is 54.1 Å². The largest absolute Gasteiger partial charge is 0.501 e. The predicted octanol–water partition coefficient (Wildman–Crippen LogP) is 11.7. The van der Waals surface area contributed by atoms with Crippen LogP contribution in [0.4, 0.5) is 0 Å². The van der Waals surface area contributed by atoms with Crippen LogP contribution < -0.4 is 5.19 Å². The van der Waals surface area contributed by atoms with Gasteiger partial charge in [-0.1, -0.05) is 99.0 Å². The number of para-hydroxylation sites is 1. The maximum atomic E-state index is 6.58. The standard InChI is InChI=1S/C35H28NO2Si.C11H8N.Ir/c1-35(2)27-14-7-6-10-20(27)24-17-30-25(16-28(24)35)21-11-8-13-23(33(21)37-30)29-18-31-26(19-36-29)22-12-9-15-32(34(22)38-31)39(3,4)5;1-2-6-10(7-3-1)11-8-4-5-9-12-11;/h6-12,14-19H,1-5H3;1-6,8-9H;/q2*-1;. The Bertz CT molecular complexity index is 2720. The molecule has 0 unspecified atom stereocenters. The van der Waals surface area contributed by atoms with E-state index in [4.69, 9.17) is 13.8 Å². The van der Waals surface area contributed by atoms with E-state index in [2.05, 4.69) is 111 Å². The molecule has 4 nitrogen and oxygen atoms in total. The number of rotatable bonds is 3. The molecule has 0 spiro atoms. The van der Waals surface area contributed by atoms with Crippen molar-refractivity contribution in [1.29, 1.82) is 0 Å². The maximum Gasteiger partial charge on any atom is 0.134 e. The van der Waals surface area contributed by atoms with Crippen molar-refractivity contribution in [2.45, 2.75) is 38.9 Å². The summed E-state index contributed by atoms with van der Waals surface area (Å²) in [7, 11) is -1.57. The first-order valence-corrected chi connectivity index (χ1v) is 20.9. The molecule has 0 amide bonds. The van der Waals surface area contributed by atoms with Crippen LogP contribution in [0.25, 0.3) is 77.5 Å². The van der Waals surface area contributed by atoms with E-state index in [9.17, 15) is 0 Å². The third-order valence-corrected chi connectivity index (χ3v) is 12.2. The average molecular weight is 869 g/mol.